The molecular formula is C21H21F4N3O. The standard InChI is InChI=1S/C21H21F4N3O/c1-5-12(2)11-28(4)20-13(3)16(9-19(27)17(20)10-26)15-7-6-14(8-18(15)22)29-21(23,24)25/h6-9,11H,5,27H2,1-4H3. The van der Waals surface area contributed by atoms with Crippen molar-refractivity contribution in [1.29, 1.82) is 5.26 Å². The number of anilines is 2. The van der Waals surface area contributed by atoms with Crippen molar-refractivity contribution in [3.8, 4) is 22.9 Å². The zero-order chi connectivity index (χ0) is 21.9. The maximum atomic E-state index is 14.6. The van der Waals surface area contributed by atoms with E-state index in [1.54, 1.807) is 18.9 Å². The summed E-state index contributed by atoms with van der Waals surface area (Å²) >= 11 is 0. The van der Waals surface area contributed by atoms with Gasteiger partial charge < -0.3 is 15.4 Å². The van der Waals surface area contributed by atoms with Gasteiger partial charge >= 0.3 is 6.36 Å². The van der Waals surface area contributed by atoms with Crippen LogP contribution in [0.25, 0.3) is 11.1 Å². The number of ether oxygens (including phenoxy) is 1. The maximum absolute atomic E-state index is 14.6. The number of hydrogen-bond acceptors (Lipinski definition) is 4. The predicted octanol–water partition coefficient (Wildman–Crippen LogP) is 5.90. The van der Waals surface area contributed by atoms with Gasteiger partial charge in [0.1, 0.15) is 17.6 Å². The van der Waals surface area contributed by atoms with E-state index in [2.05, 4.69) is 10.8 Å². The van der Waals surface area contributed by atoms with Crippen LogP contribution in [0.15, 0.2) is 36.0 Å². The second kappa shape index (κ2) is 8.43. The molecule has 0 aromatic heterocycles. The van der Waals surface area contributed by atoms with Gasteiger partial charge in [0.2, 0.25) is 0 Å². The molecule has 2 aromatic carbocycles. The molecule has 2 rings (SSSR count). The third kappa shape index (κ3) is 4.99. The number of nitrogens with two attached hydrogens (primary N) is 1. The summed E-state index contributed by atoms with van der Waals surface area (Å²) in [6.07, 6.45) is -2.26. The minimum atomic E-state index is -4.91. The Morgan fingerprint density at radius 3 is 2.45 bits per heavy atom. The quantitative estimate of drug-likeness (QED) is 0.495. The molecule has 0 aliphatic heterocycles. The molecule has 2 N–H and O–H groups in total. The van der Waals surface area contributed by atoms with E-state index in [0.717, 1.165) is 18.1 Å². The van der Waals surface area contributed by atoms with E-state index in [9.17, 15) is 22.8 Å². The van der Waals surface area contributed by atoms with E-state index < -0.39 is 17.9 Å². The van der Waals surface area contributed by atoms with Crippen molar-refractivity contribution in [2.75, 3.05) is 17.7 Å². The van der Waals surface area contributed by atoms with Crippen LogP contribution in [0, 0.1) is 24.1 Å². The lowest BCUT2D eigenvalue weighted by molar-refractivity contribution is -0.274. The van der Waals surface area contributed by atoms with E-state index >= 15 is 0 Å². The van der Waals surface area contributed by atoms with Crippen molar-refractivity contribution >= 4 is 11.4 Å². The van der Waals surface area contributed by atoms with E-state index in [-0.39, 0.29) is 16.8 Å². The molecule has 0 saturated heterocycles. The van der Waals surface area contributed by atoms with Crippen molar-refractivity contribution in [2.45, 2.75) is 33.6 Å². The zero-order valence-electron chi connectivity index (χ0n) is 16.5. The van der Waals surface area contributed by atoms with Crippen molar-refractivity contribution in [1.82, 2.24) is 0 Å². The van der Waals surface area contributed by atoms with Gasteiger partial charge in [0, 0.05) is 24.9 Å². The van der Waals surface area contributed by atoms with Gasteiger partial charge in [-0.05, 0) is 49.6 Å². The van der Waals surface area contributed by atoms with E-state index in [1.165, 1.54) is 12.1 Å². The highest BCUT2D eigenvalue weighted by molar-refractivity contribution is 5.85. The fourth-order valence-electron chi connectivity index (χ4n) is 3.02. The number of halogens is 4. The molecule has 0 spiro atoms. The first kappa shape index (κ1) is 22.1. The summed E-state index contributed by atoms with van der Waals surface area (Å²) in [5.41, 5.74) is 8.99. The number of benzene rings is 2. The first-order valence-electron chi connectivity index (χ1n) is 8.77. The van der Waals surface area contributed by atoms with Gasteiger partial charge in [0.05, 0.1) is 16.9 Å². The fourth-order valence-corrected chi connectivity index (χ4v) is 3.02. The number of nitrogen functional groups attached to an aromatic ring is 1. The van der Waals surface area contributed by atoms with Gasteiger partial charge in [-0.2, -0.15) is 5.26 Å². The Balaban J connectivity index is 2.65. The Morgan fingerprint density at radius 2 is 1.93 bits per heavy atom. The summed E-state index contributed by atoms with van der Waals surface area (Å²) in [6.45, 7) is 5.63. The largest absolute Gasteiger partial charge is 0.573 e. The second-order valence-electron chi connectivity index (χ2n) is 6.60. The smallest absolute Gasteiger partial charge is 0.406 e. The normalized spacial score (nSPS) is 11.9. The van der Waals surface area contributed by atoms with Gasteiger partial charge in [-0.1, -0.05) is 12.5 Å². The third-order valence-corrected chi connectivity index (χ3v) is 4.49. The van der Waals surface area contributed by atoms with E-state index in [4.69, 9.17) is 5.73 Å². The van der Waals surface area contributed by atoms with Crippen molar-refractivity contribution < 1.29 is 22.3 Å². The summed E-state index contributed by atoms with van der Waals surface area (Å²) in [5.74, 6) is -1.55. The topological polar surface area (TPSA) is 62.3 Å². The van der Waals surface area contributed by atoms with Gasteiger partial charge in [-0.3, -0.25) is 0 Å². The highest BCUT2D eigenvalue weighted by Crippen LogP contribution is 2.39. The minimum Gasteiger partial charge on any atom is -0.406 e. The molecule has 0 atom stereocenters. The number of nitriles is 1. The van der Waals surface area contributed by atoms with Crippen molar-refractivity contribution in [3.05, 3.63) is 53.0 Å². The average Bonchev–Trinajstić information content (AvgIpc) is 2.61. The van der Waals surface area contributed by atoms with Crippen molar-refractivity contribution in [2.24, 2.45) is 0 Å². The Labute approximate surface area is 166 Å². The van der Waals surface area contributed by atoms with Gasteiger partial charge in [0.15, 0.2) is 0 Å². The first-order chi connectivity index (χ1) is 13.5. The zero-order valence-corrected chi connectivity index (χ0v) is 16.5. The lowest BCUT2D eigenvalue weighted by Crippen LogP contribution is -2.17. The van der Waals surface area contributed by atoms with Crippen LogP contribution < -0.4 is 15.4 Å². The Bertz CT molecular complexity index is 991. The SMILES string of the molecule is CCC(C)=CN(C)c1c(C)c(-c2ccc(OC(F)(F)F)cc2F)cc(N)c1C#N. The van der Waals surface area contributed by atoms with Crippen LogP contribution in [0.4, 0.5) is 28.9 Å². The first-order valence-corrected chi connectivity index (χ1v) is 8.77. The molecule has 0 amide bonds. The highest BCUT2D eigenvalue weighted by Gasteiger charge is 2.31. The summed E-state index contributed by atoms with van der Waals surface area (Å²) in [6, 6.07) is 6.41. The van der Waals surface area contributed by atoms with Crippen LogP contribution in [0.5, 0.6) is 5.75 Å². The number of nitrogens with zero attached hydrogens (tertiary/aromatic N) is 2. The molecule has 0 aliphatic carbocycles. The molecule has 0 unspecified atom stereocenters. The molecular weight excluding hydrogens is 386 g/mol. The summed E-state index contributed by atoms with van der Waals surface area (Å²) < 4.78 is 55.5. The molecule has 0 fully saturated rings. The summed E-state index contributed by atoms with van der Waals surface area (Å²) in [7, 11) is 1.75. The lowest BCUT2D eigenvalue weighted by atomic mass is 9.94. The molecule has 0 radical (unpaired) electrons. The van der Waals surface area contributed by atoms with Crippen LogP contribution in [-0.4, -0.2) is 13.4 Å². The molecule has 0 saturated carbocycles. The summed E-state index contributed by atoms with van der Waals surface area (Å²) in [4.78, 5) is 1.74. The molecule has 2 aromatic rings. The minimum absolute atomic E-state index is 0.0547. The van der Waals surface area contributed by atoms with Crippen LogP contribution >= 0.6 is 0 Å². The highest BCUT2D eigenvalue weighted by atomic mass is 19.4. The van der Waals surface area contributed by atoms with Crippen LogP contribution in [-0.2, 0) is 0 Å². The van der Waals surface area contributed by atoms with Crippen LogP contribution in [0.1, 0.15) is 31.4 Å². The van der Waals surface area contributed by atoms with Gasteiger partial charge in [-0.25, -0.2) is 4.39 Å². The molecule has 0 heterocycles. The Hall–Kier alpha value is -3.21. The van der Waals surface area contributed by atoms with Gasteiger partial charge in [0.25, 0.3) is 0 Å². The number of alkyl halides is 3. The molecule has 0 bridgehead atoms. The van der Waals surface area contributed by atoms with E-state index in [1.807, 2.05) is 20.0 Å². The molecule has 29 heavy (non-hydrogen) atoms. The average molecular weight is 407 g/mol. The Morgan fingerprint density at radius 1 is 1.28 bits per heavy atom. The predicted molar refractivity (Wildman–Crippen MR) is 105 cm³/mol. The lowest BCUT2D eigenvalue weighted by Gasteiger charge is -2.23. The number of allylic oxidation sites excluding steroid dienone is 1. The van der Waals surface area contributed by atoms with Crippen molar-refractivity contribution in [3.63, 3.8) is 0 Å². The summed E-state index contributed by atoms with van der Waals surface area (Å²) in [5, 5.41) is 9.55. The van der Waals surface area contributed by atoms with Gasteiger partial charge in [-0.15, -0.1) is 13.2 Å². The molecule has 4 nitrogen and oxygen atoms in total. The monoisotopic (exact) mass is 407 g/mol. The Kier molecular flexibility index (Phi) is 6.42. The van der Waals surface area contributed by atoms with E-state index in [0.29, 0.717) is 22.9 Å². The maximum Gasteiger partial charge on any atom is 0.573 e. The third-order valence-electron chi connectivity index (χ3n) is 4.49. The fraction of sp³-hybridized carbons (Fsp3) is 0.286. The second-order valence-corrected chi connectivity index (χ2v) is 6.60. The molecule has 8 heteroatoms. The number of hydrogen-bond donors (Lipinski definition) is 1. The molecule has 0 aliphatic rings. The molecule has 154 valence electrons. The number of rotatable bonds is 5. The van der Waals surface area contributed by atoms with Crippen LogP contribution in [0.3, 0.4) is 0 Å². The van der Waals surface area contributed by atoms with Crippen LogP contribution in [0.2, 0.25) is 0 Å².